The van der Waals surface area contributed by atoms with E-state index >= 15 is 0 Å². The lowest BCUT2D eigenvalue weighted by Crippen LogP contribution is -2.34. The lowest BCUT2D eigenvalue weighted by atomic mass is 9.95. The molecular formula is C23H34N2O7S. The smallest absolute Gasteiger partial charge is 0.414 e. The number of carboxylic acid groups (broad SMARTS) is 2. The number of aryl methyl sites for hydroxylation is 1. The van der Waals surface area contributed by atoms with Crippen molar-refractivity contribution in [2.75, 3.05) is 31.6 Å². The number of carbonyl (C=O) groups is 4. The number of hydrogen-bond acceptors (Lipinski definition) is 7. The van der Waals surface area contributed by atoms with E-state index in [0.717, 1.165) is 63.2 Å². The average molecular weight is 483 g/mol. The van der Waals surface area contributed by atoms with Gasteiger partial charge in [-0.15, -0.1) is 11.3 Å². The van der Waals surface area contributed by atoms with E-state index in [2.05, 4.69) is 17.1 Å². The molecule has 10 heteroatoms. The number of hydrogen-bond donors (Lipinski definition) is 3. The standard InChI is InChI=1S/C21H32N2O3S.C2H2O4/c1-3-26-21(25)19-16-7-4-5-8-17(16)27-20(19)22-18(24)9-6-12-23-13-10-15(2)11-14-23;3-1(4)2(5)6/h15H,3-14H2,1-2H3,(H,22,24);(H,3,4)(H,5,6). The van der Waals surface area contributed by atoms with Crippen LogP contribution in [0, 0.1) is 5.92 Å². The largest absolute Gasteiger partial charge is 0.473 e. The molecule has 1 amide bonds. The number of ether oxygens (including phenoxy) is 1. The number of nitrogens with one attached hydrogen (secondary N) is 1. The number of aliphatic carboxylic acids is 2. The summed E-state index contributed by atoms with van der Waals surface area (Å²) in [5.41, 5.74) is 1.71. The quantitative estimate of drug-likeness (QED) is 0.398. The van der Waals surface area contributed by atoms with Gasteiger partial charge in [0.15, 0.2) is 0 Å². The van der Waals surface area contributed by atoms with Crippen LogP contribution in [0.25, 0.3) is 0 Å². The highest BCUT2D eigenvalue weighted by Crippen LogP contribution is 2.38. The first kappa shape index (κ1) is 26.8. The van der Waals surface area contributed by atoms with Gasteiger partial charge in [-0.25, -0.2) is 14.4 Å². The van der Waals surface area contributed by atoms with E-state index in [9.17, 15) is 9.59 Å². The number of carbonyl (C=O) groups excluding carboxylic acids is 2. The van der Waals surface area contributed by atoms with Crippen molar-refractivity contribution in [2.45, 2.75) is 65.2 Å². The van der Waals surface area contributed by atoms with Crippen LogP contribution in [-0.4, -0.2) is 65.2 Å². The Kier molecular flexibility index (Phi) is 10.8. The zero-order chi connectivity index (χ0) is 24.4. The molecule has 2 heterocycles. The molecule has 184 valence electrons. The van der Waals surface area contributed by atoms with Crippen molar-refractivity contribution in [2.24, 2.45) is 5.92 Å². The van der Waals surface area contributed by atoms with Crippen LogP contribution in [0.2, 0.25) is 0 Å². The minimum atomic E-state index is -1.82. The number of nitrogens with zero attached hydrogens (tertiary/aromatic N) is 1. The van der Waals surface area contributed by atoms with Gasteiger partial charge in [-0.05, 0) is 83.0 Å². The summed E-state index contributed by atoms with van der Waals surface area (Å²) in [6.07, 6.45) is 8.02. The van der Waals surface area contributed by atoms with Crippen molar-refractivity contribution in [1.82, 2.24) is 4.90 Å². The van der Waals surface area contributed by atoms with Gasteiger partial charge in [-0.3, -0.25) is 4.79 Å². The zero-order valence-corrected chi connectivity index (χ0v) is 20.2. The number of likely N-dealkylation sites (tertiary alicyclic amines) is 1. The summed E-state index contributed by atoms with van der Waals surface area (Å²) < 4.78 is 5.25. The van der Waals surface area contributed by atoms with Crippen molar-refractivity contribution in [3.05, 3.63) is 16.0 Å². The van der Waals surface area contributed by atoms with Gasteiger partial charge in [0.05, 0.1) is 12.2 Å². The average Bonchev–Trinajstić information content (AvgIpc) is 3.13. The highest BCUT2D eigenvalue weighted by molar-refractivity contribution is 7.17. The number of thiophene rings is 1. The Morgan fingerprint density at radius 3 is 2.33 bits per heavy atom. The summed E-state index contributed by atoms with van der Waals surface area (Å²) >= 11 is 1.56. The van der Waals surface area contributed by atoms with Crippen LogP contribution in [0.1, 0.15) is 73.2 Å². The maximum Gasteiger partial charge on any atom is 0.414 e. The third-order valence-electron chi connectivity index (χ3n) is 5.84. The minimum Gasteiger partial charge on any atom is -0.473 e. The molecule has 1 aliphatic heterocycles. The fourth-order valence-corrected chi connectivity index (χ4v) is 5.30. The van der Waals surface area contributed by atoms with Gasteiger partial charge in [0.1, 0.15) is 5.00 Å². The molecular weight excluding hydrogens is 448 g/mol. The second-order valence-electron chi connectivity index (χ2n) is 8.42. The molecule has 9 nitrogen and oxygen atoms in total. The third-order valence-corrected chi connectivity index (χ3v) is 7.05. The maximum absolute atomic E-state index is 12.5. The second kappa shape index (κ2) is 13.3. The molecule has 3 rings (SSSR count). The number of carboxylic acids is 2. The van der Waals surface area contributed by atoms with E-state index in [1.54, 1.807) is 11.3 Å². The van der Waals surface area contributed by atoms with E-state index in [4.69, 9.17) is 24.5 Å². The lowest BCUT2D eigenvalue weighted by Gasteiger charge is -2.29. The molecule has 1 aliphatic carbocycles. The molecule has 0 bridgehead atoms. The summed E-state index contributed by atoms with van der Waals surface area (Å²) in [6.45, 7) is 7.75. The Hall–Kier alpha value is -2.46. The van der Waals surface area contributed by atoms with E-state index in [-0.39, 0.29) is 11.9 Å². The Labute approximate surface area is 198 Å². The fourth-order valence-electron chi connectivity index (χ4n) is 4.01. The number of rotatable bonds is 7. The lowest BCUT2D eigenvalue weighted by molar-refractivity contribution is -0.159. The molecule has 1 aromatic heterocycles. The van der Waals surface area contributed by atoms with Gasteiger partial charge in [-0.2, -0.15) is 0 Å². The molecule has 1 aromatic rings. The molecule has 0 spiro atoms. The first-order chi connectivity index (χ1) is 15.7. The summed E-state index contributed by atoms with van der Waals surface area (Å²) in [4.78, 5) is 46.8. The Balaban J connectivity index is 0.000000569. The Bertz CT molecular complexity index is 832. The van der Waals surface area contributed by atoms with Crippen LogP contribution in [0.15, 0.2) is 0 Å². The highest BCUT2D eigenvalue weighted by Gasteiger charge is 2.27. The predicted octanol–water partition coefficient (Wildman–Crippen LogP) is 3.41. The summed E-state index contributed by atoms with van der Waals surface area (Å²) in [5, 5.41) is 18.5. The van der Waals surface area contributed by atoms with E-state index in [1.807, 2.05) is 6.92 Å². The van der Waals surface area contributed by atoms with Gasteiger partial charge in [-0.1, -0.05) is 6.92 Å². The molecule has 3 N–H and O–H groups in total. The molecule has 0 saturated carbocycles. The molecule has 1 fully saturated rings. The van der Waals surface area contributed by atoms with Gasteiger partial charge < -0.3 is 25.2 Å². The number of fused-ring (bicyclic) bond motifs is 1. The van der Waals surface area contributed by atoms with Crippen LogP contribution < -0.4 is 5.32 Å². The van der Waals surface area contributed by atoms with Crippen LogP contribution in [0.4, 0.5) is 5.00 Å². The van der Waals surface area contributed by atoms with Crippen LogP contribution in [0.3, 0.4) is 0 Å². The van der Waals surface area contributed by atoms with Gasteiger partial charge in [0.25, 0.3) is 0 Å². The Morgan fingerprint density at radius 1 is 1.09 bits per heavy atom. The van der Waals surface area contributed by atoms with Gasteiger partial charge in [0, 0.05) is 11.3 Å². The van der Waals surface area contributed by atoms with Crippen LogP contribution in [0.5, 0.6) is 0 Å². The minimum absolute atomic E-state index is 0.00419. The second-order valence-corrected chi connectivity index (χ2v) is 9.53. The normalized spacial score (nSPS) is 16.2. The van der Waals surface area contributed by atoms with Crippen LogP contribution >= 0.6 is 11.3 Å². The first-order valence-corrected chi connectivity index (χ1v) is 12.3. The van der Waals surface area contributed by atoms with Crippen molar-refractivity contribution < 1.29 is 34.1 Å². The molecule has 0 atom stereocenters. The monoisotopic (exact) mass is 482 g/mol. The molecule has 33 heavy (non-hydrogen) atoms. The number of amides is 1. The molecule has 2 aliphatic rings. The van der Waals surface area contributed by atoms with E-state index in [0.29, 0.717) is 23.6 Å². The van der Waals surface area contributed by atoms with E-state index < -0.39 is 11.9 Å². The summed E-state index contributed by atoms with van der Waals surface area (Å²) in [6, 6.07) is 0. The van der Waals surface area contributed by atoms with E-state index in [1.165, 1.54) is 17.7 Å². The maximum atomic E-state index is 12.5. The van der Waals surface area contributed by atoms with Crippen molar-refractivity contribution in [1.29, 1.82) is 0 Å². The van der Waals surface area contributed by atoms with Gasteiger partial charge in [0.2, 0.25) is 5.91 Å². The van der Waals surface area contributed by atoms with Crippen molar-refractivity contribution in [3.63, 3.8) is 0 Å². The predicted molar refractivity (Wildman–Crippen MR) is 125 cm³/mol. The Morgan fingerprint density at radius 2 is 1.73 bits per heavy atom. The summed E-state index contributed by atoms with van der Waals surface area (Å²) in [5.74, 6) is -3.11. The number of esters is 1. The molecule has 0 radical (unpaired) electrons. The topological polar surface area (TPSA) is 133 Å². The fraction of sp³-hybridized carbons (Fsp3) is 0.652. The first-order valence-electron chi connectivity index (χ1n) is 11.5. The van der Waals surface area contributed by atoms with Gasteiger partial charge >= 0.3 is 17.9 Å². The number of piperidine rings is 1. The molecule has 0 aromatic carbocycles. The molecule has 1 saturated heterocycles. The zero-order valence-electron chi connectivity index (χ0n) is 19.4. The van der Waals surface area contributed by atoms with Crippen molar-refractivity contribution in [3.8, 4) is 0 Å². The SMILES string of the molecule is CCOC(=O)c1c(NC(=O)CCCN2CCC(C)CC2)sc2c1CCCC2.O=C(O)C(=O)O. The van der Waals surface area contributed by atoms with Crippen molar-refractivity contribution >= 4 is 40.2 Å². The molecule has 0 unspecified atom stereocenters. The van der Waals surface area contributed by atoms with Crippen LogP contribution in [-0.2, 0) is 32.0 Å². The summed E-state index contributed by atoms with van der Waals surface area (Å²) in [7, 11) is 0. The third kappa shape index (κ3) is 8.43. The highest BCUT2D eigenvalue weighted by atomic mass is 32.1. The number of anilines is 1.